The van der Waals surface area contributed by atoms with E-state index >= 15 is 0 Å². The summed E-state index contributed by atoms with van der Waals surface area (Å²) in [6.45, 7) is 0. The van der Waals surface area contributed by atoms with Crippen molar-refractivity contribution in [3.63, 3.8) is 0 Å². The minimum absolute atomic E-state index is 1.15. The van der Waals surface area contributed by atoms with E-state index in [9.17, 15) is 0 Å². The molecule has 56 valence electrons. The Morgan fingerprint density at radius 3 is 2.70 bits per heavy atom. The van der Waals surface area contributed by atoms with Crippen LogP contribution in [0.5, 0.6) is 0 Å². The van der Waals surface area contributed by atoms with Crippen LogP contribution in [-0.4, -0.2) is 19.0 Å². The molecule has 1 aliphatic rings. The van der Waals surface area contributed by atoms with Crippen LogP contribution in [0.25, 0.3) is 0 Å². The van der Waals surface area contributed by atoms with Crippen LogP contribution in [0.4, 0.5) is 0 Å². The number of hydrogen-bond acceptors (Lipinski definition) is 1. The molecule has 10 heavy (non-hydrogen) atoms. The van der Waals surface area contributed by atoms with Gasteiger partial charge in [0.1, 0.15) is 0 Å². The Hall–Kier alpha value is -0.720. The minimum Gasteiger partial charge on any atom is -0.384 e. The summed E-state index contributed by atoms with van der Waals surface area (Å²) in [5, 5.41) is 0. The maximum Gasteiger partial charge on any atom is 0.00556 e. The van der Waals surface area contributed by atoms with Crippen molar-refractivity contribution < 1.29 is 0 Å². The second-order valence-corrected chi connectivity index (χ2v) is 2.97. The predicted molar refractivity (Wildman–Crippen MR) is 44.8 cm³/mol. The molecule has 0 atom stereocenters. The topological polar surface area (TPSA) is 3.24 Å². The van der Waals surface area contributed by atoms with Crippen molar-refractivity contribution in [2.24, 2.45) is 0 Å². The monoisotopic (exact) mass is 137 g/mol. The smallest absolute Gasteiger partial charge is 0.00556 e. The van der Waals surface area contributed by atoms with Gasteiger partial charge in [0.15, 0.2) is 0 Å². The maximum absolute atomic E-state index is 2.26. The summed E-state index contributed by atoms with van der Waals surface area (Å²) in [7, 11) is 4.15. The molecule has 0 unspecified atom stereocenters. The van der Waals surface area contributed by atoms with E-state index in [4.69, 9.17) is 0 Å². The molecule has 0 N–H and O–H groups in total. The first kappa shape index (κ1) is 7.39. The highest BCUT2D eigenvalue weighted by molar-refractivity contribution is 5.11. The highest BCUT2D eigenvalue weighted by Gasteiger charge is 1.98. The van der Waals surface area contributed by atoms with Crippen LogP contribution in [0, 0.1) is 0 Å². The molecule has 0 saturated carbocycles. The average Bonchev–Trinajstić information content (AvgIpc) is 1.88. The summed E-state index contributed by atoms with van der Waals surface area (Å²) in [5.41, 5.74) is 1.55. The normalized spacial score (nSPS) is 21.6. The van der Waals surface area contributed by atoms with Gasteiger partial charge in [-0.05, 0) is 25.5 Å². The van der Waals surface area contributed by atoms with E-state index in [0.29, 0.717) is 0 Å². The molecule has 0 heterocycles. The largest absolute Gasteiger partial charge is 0.384 e. The molecule has 1 rings (SSSR count). The van der Waals surface area contributed by atoms with Gasteiger partial charge >= 0.3 is 0 Å². The van der Waals surface area contributed by atoms with Crippen molar-refractivity contribution in [1.29, 1.82) is 0 Å². The number of allylic oxidation sites excluding steroid dienone is 3. The molecule has 0 amide bonds. The summed E-state index contributed by atoms with van der Waals surface area (Å²) in [4.78, 5) is 2.12. The number of hydrogen-bond donors (Lipinski definition) is 0. The third kappa shape index (κ3) is 2.26. The highest BCUT2D eigenvalue weighted by atomic mass is 15.0. The number of rotatable bonds is 1. The van der Waals surface area contributed by atoms with Gasteiger partial charge < -0.3 is 4.90 Å². The van der Waals surface area contributed by atoms with E-state index in [-0.39, 0.29) is 0 Å². The van der Waals surface area contributed by atoms with Crippen molar-refractivity contribution in [3.05, 3.63) is 23.9 Å². The third-order valence-electron chi connectivity index (χ3n) is 1.62. The Morgan fingerprint density at radius 2 is 2.20 bits per heavy atom. The third-order valence-corrected chi connectivity index (χ3v) is 1.62. The van der Waals surface area contributed by atoms with Crippen LogP contribution < -0.4 is 0 Å². The molecule has 1 heteroatoms. The SMILES string of the molecule is CN(C)/C=C1\CC=CCC1. The van der Waals surface area contributed by atoms with Crippen LogP contribution in [-0.2, 0) is 0 Å². The van der Waals surface area contributed by atoms with Crippen LogP contribution in [0.1, 0.15) is 19.3 Å². The summed E-state index contributed by atoms with van der Waals surface area (Å²) < 4.78 is 0. The average molecular weight is 137 g/mol. The van der Waals surface area contributed by atoms with Crippen molar-refractivity contribution in [2.45, 2.75) is 19.3 Å². The quantitative estimate of drug-likeness (QED) is 0.501. The second kappa shape index (κ2) is 3.45. The summed E-state index contributed by atoms with van der Waals surface area (Å²) in [6.07, 6.45) is 10.3. The van der Waals surface area contributed by atoms with Gasteiger partial charge in [0, 0.05) is 14.1 Å². The first-order valence-electron chi connectivity index (χ1n) is 3.80. The van der Waals surface area contributed by atoms with E-state index in [1.807, 2.05) is 0 Å². The first-order chi connectivity index (χ1) is 4.79. The zero-order valence-electron chi connectivity index (χ0n) is 6.80. The van der Waals surface area contributed by atoms with Gasteiger partial charge in [-0.1, -0.05) is 17.7 Å². The molecule has 0 radical (unpaired) electrons. The fourth-order valence-corrected chi connectivity index (χ4v) is 1.21. The molecule has 0 aliphatic heterocycles. The lowest BCUT2D eigenvalue weighted by atomic mass is 10.0. The summed E-state index contributed by atoms with van der Waals surface area (Å²) in [6, 6.07) is 0. The number of nitrogens with zero attached hydrogens (tertiary/aromatic N) is 1. The van der Waals surface area contributed by atoms with Crippen LogP contribution in [0.3, 0.4) is 0 Å². The van der Waals surface area contributed by atoms with E-state index in [2.05, 4.69) is 37.3 Å². The first-order valence-corrected chi connectivity index (χ1v) is 3.80. The minimum atomic E-state index is 1.15. The van der Waals surface area contributed by atoms with Crippen LogP contribution >= 0.6 is 0 Å². The molecular weight excluding hydrogens is 122 g/mol. The zero-order chi connectivity index (χ0) is 7.40. The lowest BCUT2D eigenvalue weighted by Crippen LogP contribution is -2.03. The molecule has 0 spiro atoms. The Morgan fingerprint density at radius 1 is 1.40 bits per heavy atom. The Labute approximate surface area is 63.0 Å². The highest BCUT2D eigenvalue weighted by Crippen LogP contribution is 2.16. The van der Waals surface area contributed by atoms with Crippen molar-refractivity contribution in [2.75, 3.05) is 14.1 Å². The van der Waals surface area contributed by atoms with Crippen molar-refractivity contribution in [3.8, 4) is 0 Å². The fourth-order valence-electron chi connectivity index (χ4n) is 1.21. The molecule has 1 nitrogen and oxygen atoms in total. The van der Waals surface area contributed by atoms with E-state index in [1.54, 1.807) is 5.57 Å². The molecule has 0 fully saturated rings. The van der Waals surface area contributed by atoms with Crippen LogP contribution in [0.2, 0.25) is 0 Å². The van der Waals surface area contributed by atoms with Gasteiger partial charge in [0.2, 0.25) is 0 Å². The standard InChI is InChI=1S/C9H15N/c1-10(2)8-9-6-4-3-5-7-9/h3-4,8H,5-7H2,1-2H3/b9-8+. The predicted octanol–water partition coefficient (Wildman–Crippen LogP) is 2.17. The molecule has 0 aromatic rings. The summed E-state index contributed by atoms with van der Waals surface area (Å²) >= 11 is 0. The van der Waals surface area contributed by atoms with Gasteiger partial charge in [-0.25, -0.2) is 0 Å². The Balaban J connectivity index is 2.48. The zero-order valence-corrected chi connectivity index (χ0v) is 6.80. The molecule has 1 aliphatic carbocycles. The van der Waals surface area contributed by atoms with Gasteiger partial charge in [0.25, 0.3) is 0 Å². The molecular formula is C9H15N. The van der Waals surface area contributed by atoms with Crippen LogP contribution in [0.15, 0.2) is 23.9 Å². The molecule has 0 saturated heterocycles. The van der Waals surface area contributed by atoms with E-state index < -0.39 is 0 Å². The van der Waals surface area contributed by atoms with Gasteiger partial charge in [0.05, 0.1) is 0 Å². The van der Waals surface area contributed by atoms with Gasteiger partial charge in [-0.3, -0.25) is 0 Å². The van der Waals surface area contributed by atoms with Gasteiger partial charge in [-0.2, -0.15) is 0 Å². The molecule has 0 bridgehead atoms. The fraction of sp³-hybridized carbons (Fsp3) is 0.556. The van der Waals surface area contributed by atoms with Crippen molar-refractivity contribution in [1.82, 2.24) is 4.90 Å². The lowest BCUT2D eigenvalue weighted by molar-refractivity contribution is 0.552. The maximum atomic E-state index is 2.26. The Kier molecular flexibility index (Phi) is 2.55. The second-order valence-electron chi connectivity index (χ2n) is 2.97. The lowest BCUT2D eigenvalue weighted by Gasteiger charge is -2.12. The summed E-state index contributed by atoms with van der Waals surface area (Å²) in [5.74, 6) is 0. The van der Waals surface area contributed by atoms with E-state index in [0.717, 1.165) is 6.42 Å². The van der Waals surface area contributed by atoms with Crippen molar-refractivity contribution >= 4 is 0 Å². The Bertz CT molecular complexity index is 154. The van der Waals surface area contributed by atoms with E-state index in [1.165, 1.54) is 12.8 Å². The molecule has 0 aromatic carbocycles. The van der Waals surface area contributed by atoms with Gasteiger partial charge in [-0.15, -0.1) is 0 Å². The molecule has 0 aromatic heterocycles.